The van der Waals surface area contributed by atoms with Crippen molar-refractivity contribution in [2.75, 3.05) is 13.7 Å². The molecule has 0 bridgehead atoms. The van der Waals surface area contributed by atoms with Crippen molar-refractivity contribution in [3.8, 4) is 17.2 Å². The molecule has 30 heavy (non-hydrogen) atoms. The summed E-state index contributed by atoms with van der Waals surface area (Å²) in [7, 11) is 1.58. The van der Waals surface area contributed by atoms with Crippen LogP contribution in [0.1, 0.15) is 37.8 Å². The maximum absolute atomic E-state index is 12.3. The highest BCUT2D eigenvalue weighted by Crippen LogP contribution is 2.30. The fourth-order valence-electron chi connectivity index (χ4n) is 2.77. The molecule has 7 nitrogen and oxygen atoms in total. The molecule has 156 valence electrons. The minimum Gasteiger partial charge on any atom is -0.497 e. The average molecular weight is 409 g/mol. The standard InChI is InChI=1S/C23H23NO6/c1-4-6-21(25)29-19-12-7-15(14-20(19)28-5-2)13-18-23(26)30-22(24-18)16-8-10-17(27-3)11-9-16/h7-14H,4-6H2,1-3H3/b18-13+. The predicted octanol–water partition coefficient (Wildman–Crippen LogP) is 4.14. The summed E-state index contributed by atoms with van der Waals surface area (Å²) in [6.07, 6.45) is 2.62. The third-order valence-corrected chi connectivity index (χ3v) is 4.21. The Morgan fingerprint density at radius 2 is 1.87 bits per heavy atom. The van der Waals surface area contributed by atoms with Gasteiger partial charge in [-0.3, -0.25) is 4.79 Å². The molecule has 0 saturated heterocycles. The Morgan fingerprint density at radius 3 is 2.53 bits per heavy atom. The van der Waals surface area contributed by atoms with E-state index in [9.17, 15) is 9.59 Å². The van der Waals surface area contributed by atoms with Crippen molar-refractivity contribution in [3.63, 3.8) is 0 Å². The number of carbonyl (C=O) groups excluding carboxylic acids is 2. The Kier molecular flexibility index (Phi) is 6.85. The van der Waals surface area contributed by atoms with E-state index in [1.807, 2.05) is 13.8 Å². The highest BCUT2D eigenvalue weighted by Gasteiger charge is 2.24. The molecular weight excluding hydrogens is 386 g/mol. The lowest BCUT2D eigenvalue weighted by atomic mass is 10.1. The number of methoxy groups -OCH3 is 1. The summed E-state index contributed by atoms with van der Waals surface area (Å²) >= 11 is 0. The molecule has 0 unspecified atom stereocenters. The Bertz CT molecular complexity index is 991. The normalized spacial score (nSPS) is 14.3. The molecule has 2 aromatic carbocycles. The van der Waals surface area contributed by atoms with Crippen LogP contribution in [-0.4, -0.2) is 31.6 Å². The van der Waals surface area contributed by atoms with Crippen LogP contribution in [0.25, 0.3) is 6.08 Å². The first-order valence-electron chi connectivity index (χ1n) is 9.68. The van der Waals surface area contributed by atoms with Gasteiger partial charge in [-0.1, -0.05) is 13.0 Å². The summed E-state index contributed by atoms with van der Waals surface area (Å²) in [4.78, 5) is 28.4. The van der Waals surface area contributed by atoms with Crippen LogP contribution in [-0.2, 0) is 14.3 Å². The first kappa shape index (κ1) is 21.1. The molecule has 2 aromatic rings. The van der Waals surface area contributed by atoms with Crippen molar-refractivity contribution in [3.05, 3.63) is 59.3 Å². The minimum absolute atomic E-state index is 0.166. The van der Waals surface area contributed by atoms with Crippen LogP contribution in [0.3, 0.4) is 0 Å². The van der Waals surface area contributed by atoms with E-state index in [-0.39, 0.29) is 17.6 Å². The number of rotatable bonds is 8. The van der Waals surface area contributed by atoms with Gasteiger partial charge in [-0.2, -0.15) is 0 Å². The van der Waals surface area contributed by atoms with E-state index < -0.39 is 5.97 Å². The van der Waals surface area contributed by atoms with Crippen LogP contribution < -0.4 is 14.2 Å². The monoisotopic (exact) mass is 409 g/mol. The Hall–Kier alpha value is -3.61. The number of ether oxygens (including phenoxy) is 4. The van der Waals surface area contributed by atoms with Crippen LogP contribution in [0.4, 0.5) is 0 Å². The largest absolute Gasteiger partial charge is 0.497 e. The number of cyclic esters (lactones) is 1. The SMILES string of the molecule is CCCC(=O)Oc1ccc(/C=C2/N=C(c3ccc(OC)cc3)OC2=O)cc1OCC. The summed E-state index contributed by atoms with van der Waals surface area (Å²) < 4.78 is 21.4. The van der Waals surface area contributed by atoms with E-state index in [0.717, 1.165) is 0 Å². The smallest absolute Gasteiger partial charge is 0.363 e. The van der Waals surface area contributed by atoms with Gasteiger partial charge in [0.05, 0.1) is 13.7 Å². The first-order chi connectivity index (χ1) is 14.5. The summed E-state index contributed by atoms with van der Waals surface area (Å²) in [6.45, 7) is 4.14. The van der Waals surface area contributed by atoms with Gasteiger partial charge in [-0.05, 0) is 61.4 Å². The van der Waals surface area contributed by atoms with Crippen molar-refractivity contribution >= 4 is 23.9 Å². The second kappa shape index (κ2) is 9.73. The van der Waals surface area contributed by atoms with Crippen LogP contribution in [0, 0.1) is 0 Å². The Labute approximate surface area is 174 Å². The van der Waals surface area contributed by atoms with Gasteiger partial charge in [0, 0.05) is 12.0 Å². The Balaban J connectivity index is 1.85. The van der Waals surface area contributed by atoms with Crippen LogP contribution >= 0.6 is 0 Å². The molecule has 3 rings (SSSR count). The minimum atomic E-state index is -0.544. The number of carbonyl (C=O) groups is 2. The molecule has 0 fully saturated rings. The molecule has 1 heterocycles. The molecule has 0 N–H and O–H groups in total. The van der Waals surface area contributed by atoms with Crippen molar-refractivity contribution in [2.24, 2.45) is 4.99 Å². The fraction of sp³-hybridized carbons (Fsp3) is 0.261. The summed E-state index contributed by atoms with van der Waals surface area (Å²) in [5.74, 6) is 0.817. The van der Waals surface area contributed by atoms with Crippen molar-refractivity contribution in [1.82, 2.24) is 0 Å². The molecule has 7 heteroatoms. The van der Waals surface area contributed by atoms with Crippen molar-refractivity contribution in [2.45, 2.75) is 26.7 Å². The van der Waals surface area contributed by atoms with E-state index in [4.69, 9.17) is 18.9 Å². The average Bonchev–Trinajstić information content (AvgIpc) is 3.10. The molecule has 0 aromatic heterocycles. The van der Waals surface area contributed by atoms with Crippen molar-refractivity contribution in [1.29, 1.82) is 0 Å². The number of aliphatic imine (C=N–C) groups is 1. The molecule has 1 aliphatic rings. The van der Waals surface area contributed by atoms with Gasteiger partial charge in [0.1, 0.15) is 5.75 Å². The van der Waals surface area contributed by atoms with Gasteiger partial charge >= 0.3 is 11.9 Å². The molecule has 0 radical (unpaired) electrons. The van der Waals surface area contributed by atoms with Crippen molar-refractivity contribution < 1.29 is 28.5 Å². The van der Waals surface area contributed by atoms with E-state index in [0.29, 0.717) is 47.8 Å². The van der Waals surface area contributed by atoms with Gasteiger partial charge in [0.15, 0.2) is 17.2 Å². The van der Waals surface area contributed by atoms with Gasteiger partial charge in [-0.15, -0.1) is 0 Å². The summed E-state index contributed by atoms with van der Waals surface area (Å²) in [5, 5.41) is 0. The third-order valence-electron chi connectivity index (χ3n) is 4.21. The molecule has 0 atom stereocenters. The molecular formula is C23H23NO6. The van der Waals surface area contributed by atoms with Gasteiger partial charge in [0.2, 0.25) is 5.90 Å². The number of hydrogen-bond donors (Lipinski definition) is 0. The molecule has 0 spiro atoms. The van der Waals surface area contributed by atoms with Gasteiger partial charge in [0.25, 0.3) is 0 Å². The zero-order chi connectivity index (χ0) is 21.5. The quantitative estimate of drug-likeness (QED) is 0.370. The third kappa shape index (κ3) is 5.05. The van der Waals surface area contributed by atoms with E-state index >= 15 is 0 Å². The van der Waals surface area contributed by atoms with E-state index in [2.05, 4.69) is 4.99 Å². The van der Waals surface area contributed by atoms with Crippen LogP contribution in [0.5, 0.6) is 17.2 Å². The van der Waals surface area contributed by atoms with Crippen LogP contribution in [0.15, 0.2) is 53.2 Å². The highest BCUT2D eigenvalue weighted by atomic mass is 16.6. The summed E-state index contributed by atoms with van der Waals surface area (Å²) in [6, 6.07) is 12.1. The van der Waals surface area contributed by atoms with Gasteiger partial charge in [-0.25, -0.2) is 9.79 Å². The zero-order valence-electron chi connectivity index (χ0n) is 17.1. The number of nitrogens with zero attached hydrogens (tertiary/aromatic N) is 1. The van der Waals surface area contributed by atoms with E-state index in [1.165, 1.54) is 0 Å². The number of benzene rings is 2. The topological polar surface area (TPSA) is 83.4 Å². The molecule has 0 amide bonds. The number of esters is 2. The van der Waals surface area contributed by atoms with Crippen LogP contribution in [0.2, 0.25) is 0 Å². The predicted molar refractivity (Wildman–Crippen MR) is 112 cm³/mol. The maximum atomic E-state index is 12.3. The lowest BCUT2D eigenvalue weighted by molar-refractivity contribution is -0.134. The molecule has 0 aliphatic carbocycles. The summed E-state index contributed by atoms with van der Waals surface area (Å²) in [5.41, 5.74) is 1.50. The second-order valence-corrected chi connectivity index (χ2v) is 6.43. The lowest BCUT2D eigenvalue weighted by Gasteiger charge is -2.11. The van der Waals surface area contributed by atoms with Gasteiger partial charge < -0.3 is 18.9 Å². The second-order valence-electron chi connectivity index (χ2n) is 6.43. The first-order valence-corrected chi connectivity index (χ1v) is 9.68. The number of hydrogen-bond acceptors (Lipinski definition) is 7. The zero-order valence-corrected chi connectivity index (χ0v) is 17.1. The fourth-order valence-corrected chi connectivity index (χ4v) is 2.77. The molecule has 1 aliphatic heterocycles. The van der Waals surface area contributed by atoms with E-state index in [1.54, 1.807) is 55.7 Å². The lowest BCUT2D eigenvalue weighted by Crippen LogP contribution is -2.08. The maximum Gasteiger partial charge on any atom is 0.363 e. The molecule has 0 saturated carbocycles. The Morgan fingerprint density at radius 1 is 1.10 bits per heavy atom. The highest BCUT2D eigenvalue weighted by molar-refractivity contribution is 6.12.